The fraction of sp³-hybridized carbons (Fsp3) is 0.333. The van der Waals surface area contributed by atoms with Gasteiger partial charge in [-0.05, 0) is 37.3 Å². The Kier molecular flexibility index (Phi) is 6.40. The highest BCUT2D eigenvalue weighted by atomic mass is 19.4. The highest BCUT2D eigenvalue weighted by Gasteiger charge is 2.47. The average Bonchev–Trinajstić information content (AvgIpc) is 3.31. The number of carbonyl (C=O) groups excluding carboxylic acids is 1. The molecule has 1 aromatic carbocycles. The number of nitrogens with zero attached hydrogens (tertiary/aromatic N) is 5. The minimum Gasteiger partial charge on any atom is -0.368 e. The van der Waals surface area contributed by atoms with Crippen LogP contribution < -0.4 is 5.32 Å². The van der Waals surface area contributed by atoms with Crippen LogP contribution in [0.15, 0.2) is 48.9 Å². The van der Waals surface area contributed by atoms with Gasteiger partial charge in [-0.3, -0.25) is 4.79 Å². The van der Waals surface area contributed by atoms with Gasteiger partial charge in [-0.25, -0.2) is 9.37 Å². The summed E-state index contributed by atoms with van der Waals surface area (Å²) in [6.45, 7) is -0.00110. The molecular formula is C21H18F6N6O2. The quantitative estimate of drug-likeness (QED) is 0.538. The van der Waals surface area contributed by atoms with Crippen LogP contribution >= 0.6 is 0 Å². The first-order valence-corrected chi connectivity index (χ1v) is 10.2. The van der Waals surface area contributed by atoms with E-state index >= 15 is 0 Å². The molecule has 3 aromatic rings. The Labute approximate surface area is 194 Å². The third-order valence-corrected chi connectivity index (χ3v) is 5.32. The number of hydrogen-bond donors (Lipinski definition) is 1. The number of amides is 1. The van der Waals surface area contributed by atoms with Crippen molar-refractivity contribution in [2.45, 2.75) is 31.4 Å². The predicted molar refractivity (Wildman–Crippen MR) is 109 cm³/mol. The van der Waals surface area contributed by atoms with Crippen molar-refractivity contribution in [3.05, 3.63) is 65.9 Å². The van der Waals surface area contributed by atoms with Crippen LogP contribution in [-0.2, 0) is 10.9 Å². The van der Waals surface area contributed by atoms with E-state index in [4.69, 9.17) is 4.74 Å². The number of morpholine rings is 1. The summed E-state index contributed by atoms with van der Waals surface area (Å²) in [5.74, 6) is -1.68. The SMILES string of the molecule is C[C@@H]1OC(F)(F)CN(C(=O)c2cc(F)ccc2-n2nccn2)[C@@H]1CNc1ccc(C(F)(F)F)cn1. The highest BCUT2D eigenvalue weighted by molar-refractivity contribution is 5.98. The second-order valence-corrected chi connectivity index (χ2v) is 7.75. The van der Waals surface area contributed by atoms with Crippen LogP contribution in [0.25, 0.3) is 5.69 Å². The smallest absolute Gasteiger partial charge is 0.368 e. The molecule has 186 valence electrons. The molecule has 4 rings (SSSR count). The first-order valence-electron chi connectivity index (χ1n) is 10.2. The molecule has 14 heteroatoms. The van der Waals surface area contributed by atoms with Gasteiger partial charge in [0, 0.05) is 12.7 Å². The van der Waals surface area contributed by atoms with E-state index in [1.165, 1.54) is 25.4 Å². The van der Waals surface area contributed by atoms with Gasteiger partial charge >= 0.3 is 12.3 Å². The van der Waals surface area contributed by atoms with Gasteiger partial charge in [-0.1, -0.05) is 0 Å². The monoisotopic (exact) mass is 500 g/mol. The number of rotatable bonds is 5. The second-order valence-electron chi connectivity index (χ2n) is 7.75. The van der Waals surface area contributed by atoms with E-state index in [-0.39, 0.29) is 23.6 Å². The van der Waals surface area contributed by atoms with E-state index < -0.39 is 48.3 Å². The summed E-state index contributed by atoms with van der Waals surface area (Å²) in [6.07, 6.45) is -6.17. The van der Waals surface area contributed by atoms with Crippen LogP contribution in [0.3, 0.4) is 0 Å². The number of aromatic nitrogens is 4. The summed E-state index contributed by atoms with van der Waals surface area (Å²) in [5, 5.41) is 10.6. The zero-order valence-corrected chi connectivity index (χ0v) is 18.0. The van der Waals surface area contributed by atoms with Crippen LogP contribution in [-0.4, -0.2) is 62.1 Å². The number of nitrogens with one attached hydrogen (secondary N) is 1. The minimum absolute atomic E-state index is 0.0297. The molecular weight excluding hydrogens is 482 g/mol. The molecule has 0 aliphatic carbocycles. The Balaban J connectivity index is 1.61. The topological polar surface area (TPSA) is 85.2 Å². The molecule has 1 saturated heterocycles. The second kappa shape index (κ2) is 9.17. The molecule has 2 atom stereocenters. The van der Waals surface area contributed by atoms with Crippen LogP contribution in [0.2, 0.25) is 0 Å². The summed E-state index contributed by atoms with van der Waals surface area (Å²) < 4.78 is 85.6. The lowest BCUT2D eigenvalue weighted by molar-refractivity contribution is -0.298. The van der Waals surface area contributed by atoms with E-state index in [0.29, 0.717) is 6.20 Å². The maximum absolute atomic E-state index is 14.3. The van der Waals surface area contributed by atoms with E-state index in [2.05, 4.69) is 20.5 Å². The largest absolute Gasteiger partial charge is 0.417 e. The van der Waals surface area contributed by atoms with Gasteiger partial charge in [-0.2, -0.15) is 36.9 Å². The first-order chi connectivity index (χ1) is 16.4. The minimum atomic E-state index is -4.57. The highest BCUT2D eigenvalue weighted by Crippen LogP contribution is 2.32. The Morgan fingerprint density at radius 1 is 1.20 bits per heavy atom. The van der Waals surface area contributed by atoms with Crippen LogP contribution in [0.4, 0.5) is 32.2 Å². The fourth-order valence-corrected chi connectivity index (χ4v) is 3.68. The van der Waals surface area contributed by atoms with E-state index in [1.807, 2.05) is 0 Å². The zero-order chi connectivity index (χ0) is 25.4. The summed E-state index contributed by atoms with van der Waals surface area (Å²) in [5.41, 5.74) is -1.15. The molecule has 1 aliphatic heterocycles. The Hall–Kier alpha value is -3.68. The number of carbonyl (C=O) groups is 1. The number of anilines is 1. The summed E-state index contributed by atoms with van der Waals surface area (Å²) in [4.78, 5) is 19.0. The third-order valence-electron chi connectivity index (χ3n) is 5.32. The van der Waals surface area contributed by atoms with Gasteiger partial charge in [0.15, 0.2) is 0 Å². The van der Waals surface area contributed by atoms with Crippen molar-refractivity contribution in [3.63, 3.8) is 0 Å². The van der Waals surface area contributed by atoms with Gasteiger partial charge in [0.05, 0.1) is 41.4 Å². The molecule has 1 amide bonds. The number of benzene rings is 1. The summed E-state index contributed by atoms with van der Waals surface area (Å²) in [7, 11) is 0. The molecule has 0 spiro atoms. The summed E-state index contributed by atoms with van der Waals surface area (Å²) >= 11 is 0. The van der Waals surface area contributed by atoms with Crippen molar-refractivity contribution in [2.75, 3.05) is 18.4 Å². The molecule has 35 heavy (non-hydrogen) atoms. The van der Waals surface area contributed by atoms with Crippen molar-refractivity contribution in [1.29, 1.82) is 0 Å². The van der Waals surface area contributed by atoms with Gasteiger partial charge in [0.1, 0.15) is 18.2 Å². The standard InChI is InChI=1S/C21H18F6N6O2/c1-12-17(10-29-18-5-2-13(9-28-18)21(25,26)27)32(11-20(23,24)35-12)19(34)15-8-14(22)3-4-16(15)33-30-6-7-31-33/h2-9,12,17H,10-11H2,1H3,(H,28,29)/t12-,17+/m0/s1. The number of ether oxygens (including phenoxy) is 1. The Morgan fingerprint density at radius 2 is 1.91 bits per heavy atom. The normalized spacial score (nSPS) is 20.0. The van der Waals surface area contributed by atoms with Crippen molar-refractivity contribution in [3.8, 4) is 5.69 Å². The number of hydrogen-bond acceptors (Lipinski definition) is 6. The van der Waals surface area contributed by atoms with Crippen LogP contribution in [0.5, 0.6) is 0 Å². The van der Waals surface area contributed by atoms with Gasteiger partial charge in [-0.15, -0.1) is 0 Å². The molecule has 3 heterocycles. The van der Waals surface area contributed by atoms with Crippen molar-refractivity contribution in [2.24, 2.45) is 0 Å². The van der Waals surface area contributed by atoms with Gasteiger partial charge in [0.25, 0.3) is 5.91 Å². The van der Waals surface area contributed by atoms with E-state index in [0.717, 1.165) is 34.0 Å². The third kappa shape index (κ3) is 5.37. The number of pyridine rings is 1. The maximum atomic E-state index is 14.3. The van der Waals surface area contributed by atoms with Crippen molar-refractivity contribution >= 4 is 11.7 Å². The Bertz CT molecular complexity index is 1190. The molecule has 1 N–H and O–H groups in total. The molecule has 0 radical (unpaired) electrons. The zero-order valence-electron chi connectivity index (χ0n) is 18.0. The summed E-state index contributed by atoms with van der Waals surface area (Å²) in [6, 6.07) is 4.08. The lowest BCUT2D eigenvalue weighted by atomic mass is 10.0. The lowest BCUT2D eigenvalue weighted by Crippen LogP contribution is -2.61. The van der Waals surface area contributed by atoms with Gasteiger partial charge in [0.2, 0.25) is 0 Å². The van der Waals surface area contributed by atoms with E-state index in [1.54, 1.807) is 0 Å². The molecule has 0 saturated carbocycles. The van der Waals surface area contributed by atoms with Gasteiger partial charge < -0.3 is 15.0 Å². The lowest BCUT2D eigenvalue weighted by Gasteiger charge is -2.43. The van der Waals surface area contributed by atoms with E-state index in [9.17, 15) is 31.1 Å². The molecule has 0 bridgehead atoms. The fourth-order valence-electron chi connectivity index (χ4n) is 3.68. The first kappa shape index (κ1) is 24.4. The Morgan fingerprint density at radius 3 is 2.54 bits per heavy atom. The molecule has 1 fully saturated rings. The molecule has 8 nitrogen and oxygen atoms in total. The van der Waals surface area contributed by atoms with Crippen molar-refractivity contribution in [1.82, 2.24) is 24.9 Å². The van der Waals surface area contributed by atoms with Crippen molar-refractivity contribution < 1.29 is 35.9 Å². The molecule has 0 unspecified atom stereocenters. The molecule has 2 aromatic heterocycles. The number of alkyl halides is 5. The molecule has 1 aliphatic rings. The average molecular weight is 500 g/mol. The maximum Gasteiger partial charge on any atom is 0.417 e. The predicted octanol–water partition coefficient (Wildman–Crippen LogP) is 3.75. The van der Waals surface area contributed by atoms with Crippen LogP contribution in [0.1, 0.15) is 22.8 Å². The number of halogens is 6. The van der Waals surface area contributed by atoms with Crippen LogP contribution in [0, 0.1) is 5.82 Å².